The van der Waals surface area contributed by atoms with Gasteiger partial charge in [0.1, 0.15) is 5.75 Å². The first-order valence-corrected chi connectivity index (χ1v) is 6.69. The quantitative estimate of drug-likeness (QED) is 0.767. The number of ether oxygens (including phenoxy) is 1. The van der Waals surface area contributed by atoms with Gasteiger partial charge in [0, 0.05) is 6.04 Å². The van der Waals surface area contributed by atoms with Crippen molar-refractivity contribution in [3.63, 3.8) is 0 Å². The lowest BCUT2D eigenvalue weighted by atomic mass is 10.0. The van der Waals surface area contributed by atoms with Crippen molar-refractivity contribution >= 4 is 0 Å². The Balaban J connectivity index is 2.72. The minimum Gasteiger partial charge on any atom is -0.497 e. The minimum atomic E-state index is 0.405. The van der Waals surface area contributed by atoms with Crippen molar-refractivity contribution < 1.29 is 4.74 Å². The lowest BCUT2D eigenvalue weighted by Gasteiger charge is -2.21. The van der Waals surface area contributed by atoms with Crippen molar-refractivity contribution in [3.05, 3.63) is 29.8 Å². The molecule has 1 unspecified atom stereocenters. The molecule has 18 heavy (non-hydrogen) atoms. The van der Waals surface area contributed by atoms with Gasteiger partial charge in [-0.1, -0.05) is 19.1 Å². The van der Waals surface area contributed by atoms with Gasteiger partial charge in [-0.3, -0.25) is 0 Å². The summed E-state index contributed by atoms with van der Waals surface area (Å²) >= 11 is 0. The lowest BCUT2D eigenvalue weighted by molar-refractivity contribution is 0.360. The Morgan fingerprint density at radius 2 is 2.11 bits per heavy atom. The molecular weight excluding hydrogens is 224 g/mol. The second-order valence-corrected chi connectivity index (χ2v) is 4.88. The van der Waals surface area contributed by atoms with Gasteiger partial charge in [0.15, 0.2) is 0 Å². The maximum Gasteiger partial charge on any atom is 0.119 e. The van der Waals surface area contributed by atoms with Crippen molar-refractivity contribution in [2.45, 2.75) is 25.8 Å². The van der Waals surface area contributed by atoms with E-state index in [1.807, 2.05) is 6.07 Å². The van der Waals surface area contributed by atoms with Crippen LogP contribution < -0.4 is 10.1 Å². The van der Waals surface area contributed by atoms with Crippen LogP contribution in [0.2, 0.25) is 0 Å². The Labute approximate surface area is 111 Å². The number of nitrogens with one attached hydrogen (secondary N) is 1. The highest BCUT2D eigenvalue weighted by Crippen LogP contribution is 2.21. The SMILES string of the molecule is CCCNC(CCN(C)C)c1cccc(OC)c1. The van der Waals surface area contributed by atoms with Gasteiger partial charge in [-0.15, -0.1) is 0 Å². The van der Waals surface area contributed by atoms with Gasteiger partial charge >= 0.3 is 0 Å². The molecular formula is C15H26N2O. The van der Waals surface area contributed by atoms with Crippen molar-refractivity contribution in [2.24, 2.45) is 0 Å². The maximum absolute atomic E-state index is 5.30. The van der Waals surface area contributed by atoms with E-state index < -0.39 is 0 Å². The first-order valence-electron chi connectivity index (χ1n) is 6.69. The molecule has 0 saturated heterocycles. The molecule has 1 aromatic carbocycles. The molecule has 0 radical (unpaired) electrons. The summed E-state index contributed by atoms with van der Waals surface area (Å²) in [5.74, 6) is 0.931. The van der Waals surface area contributed by atoms with Crippen molar-refractivity contribution in [1.29, 1.82) is 0 Å². The standard InChI is InChI=1S/C15H26N2O/c1-5-10-16-15(9-11-17(2)3)13-7-6-8-14(12-13)18-4/h6-8,12,15-16H,5,9-11H2,1-4H3. The molecule has 3 heteroatoms. The number of benzene rings is 1. The number of rotatable bonds is 8. The third-order valence-corrected chi connectivity index (χ3v) is 3.00. The minimum absolute atomic E-state index is 0.405. The van der Waals surface area contributed by atoms with Gasteiger partial charge < -0.3 is 15.0 Å². The first kappa shape index (κ1) is 15.0. The van der Waals surface area contributed by atoms with E-state index in [4.69, 9.17) is 4.74 Å². The second-order valence-electron chi connectivity index (χ2n) is 4.88. The van der Waals surface area contributed by atoms with E-state index in [1.54, 1.807) is 7.11 Å². The van der Waals surface area contributed by atoms with E-state index in [2.05, 4.69) is 49.4 Å². The van der Waals surface area contributed by atoms with Crippen LogP contribution in [-0.4, -0.2) is 39.2 Å². The Morgan fingerprint density at radius 3 is 2.72 bits per heavy atom. The van der Waals surface area contributed by atoms with Gasteiger partial charge in [0.25, 0.3) is 0 Å². The topological polar surface area (TPSA) is 24.5 Å². The van der Waals surface area contributed by atoms with Crippen LogP contribution in [0.5, 0.6) is 5.75 Å². The predicted octanol–water partition coefficient (Wildman–Crippen LogP) is 2.69. The average molecular weight is 250 g/mol. The summed E-state index contributed by atoms with van der Waals surface area (Å²) in [6, 6.07) is 8.76. The Morgan fingerprint density at radius 1 is 1.33 bits per heavy atom. The second kappa shape index (κ2) is 8.11. The van der Waals surface area contributed by atoms with E-state index in [0.717, 1.165) is 31.7 Å². The third-order valence-electron chi connectivity index (χ3n) is 3.00. The van der Waals surface area contributed by atoms with Crippen LogP contribution in [0.15, 0.2) is 24.3 Å². The molecule has 0 aliphatic carbocycles. The monoisotopic (exact) mass is 250 g/mol. The highest BCUT2D eigenvalue weighted by atomic mass is 16.5. The molecule has 0 aliphatic heterocycles. The van der Waals surface area contributed by atoms with Gasteiger partial charge in [-0.25, -0.2) is 0 Å². The number of nitrogens with zero attached hydrogens (tertiary/aromatic N) is 1. The molecule has 0 saturated carbocycles. The van der Waals surface area contributed by atoms with E-state index in [-0.39, 0.29) is 0 Å². The molecule has 0 bridgehead atoms. The van der Waals surface area contributed by atoms with Crippen LogP contribution in [0.1, 0.15) is 31.4 Å². The first-order chi connectivity index (χ1) is 8.67. The molecule has 102 valence electrons. The fourth-order valence-corrected chi connectivity index (χ4v) is 1.95. The zero-order chi connectivity index (χ0) is 13.4. The van der Waals surface area contributed by atoms with Crippen molar-refractivity contribution in [1.82, 2.24) is 10.2 Å². The highest BCUT2D eigenvalue weighted by molar-refractivity contribution is 5.30. The Bertz CT molecular complexity index is 339. The summed E-state index contributed by atoms with van der Waals surface area (Å²) < 4.78 is 5.30. The molecule has 0 aliphatic rings. The molecule has 1 N–H and O–H groups in total. The largest absolute Gasteiger partial charge is 0.497 e. The van der Waals surface area contributed by atoms with E-state index >= 15 is 0 Å². The van der Waals surface area contributed by atoms with E-state index in [0.29, 0.717) is 6.04 Å². The van der Waals surface area contributed by atoms with Crippen LogP contribution in [0.25, 0.3) is 0 Å². The summed E-state index contributed by atoms with van der Waals surface area (Å²) in [5.41, 5.74) is 1.31. The van der Waals surface area contributed by atoms with Gasteiger partial charge in [0.2, 0.25) is 0 Å². The lowest BCUT2D eigenvalue weighted by Crippen LogP contribution is -2.26. The number of hydrogen-bond acceptors (Lipinski definition) is 3. The molecule has 0 heterocycles. The average Bonchev–Trinajstić information content (AvgIpc) is 2.38. The van der Waals surface area contributed by atoms with Crippen LogP contribution in [0, 0.1) is 0 Å². The molecule has 0 amide bonds. The molecule has 0 aromatic heterocycles. The predicted molar refractivity (Wildman–Crippen MR) is 77.2 cm³/mol. The molecule has 0 fully saturated rings. The van der Waals surface area contributed by atoms with Crippen molar-refractivity contribution in [3.8, 4) is 5.75 Å². The summed E-state index contributed by atoms with van der Waals surface area (Å²) in [5, 5.41) is 3.61. The van der Waals surface area contributed by atoms with Crippen LogP contribution in [0.4, 0.5) is 0 Å². The van der Waals surface area contributed by atoms with Crippen molar-refractivity contribution in [2.75, 3.05) is 34.3 Å². The summed E-state index contributed by atoms with van der Waals surface area (Å²) in [6.45, 7) is 4.33. The smallest absolute Gasteiger partial charge is 0.119 e. The summed E-state index contributed by atoms with van der Waals surface area (Å²) in [6.07, 6.45) is 2.27. The Hall–Kier alpha value is -1.06. The van der Waals surface area contributed by atoms with Crippen LogP contribution in [0.3, 0.4) is 0 Å². The zero-order valence-electron chi connectivity index (χ0n) is 12.1. The molecule has 1 aromatic rings. The van der Waals surface area contributed by atoms with Crippen LogP contribution in [-0.2, 0) is 0 Å². The fourth-order valence-electron chi connectivity index (χ4n) is 1.95. The molecule has 3 nitrogen and oxygen atoms in total. The maximum atomic E-state index is 5.30. The third kappa shape index (κ3) is 5.07. The summed E-state index contributed by atoms with van der Waals surface area (Å²) in [7, 11) is 5.94. The number of hydrogen-bond donors (Lipinski definition) is 1. The Kier molecular flexibility index (Phi) is 6.76. The molecule has 1 atom stereocenters. The van der Waals surface area contributed by atoms with E-state index in [9.17, 15) is 0 Å². The highest BCUT2D eigenvalue weighted by Gasteiger charge is 2.11. The normalized spacial score (nSPS) is 12.7. The molecule has 1 rings (SSSR count). The van der Waals surface area contributed by atoms with E-state index in [1.165, 1.54) is 5.56 Å². The van der Waals surface area contributed by atoms with Gasteiger partial charge in [0.05, 0.1) is 7.11 Å². The summed E-state index contributed by atoms with van der Waals surface area (Å²) in [4.78, 5) is 2.22. The van der Waals surface area contributed by atoms with Crippen LogP contribution >= 0.6 is 0 Å². The molecule has 0 spiro atoms. The fraction of sp³-hybridized carbons (Fsp3) is 0.600. The number of methoxy groups -OCH3 is 1. The van der Waals surface area contributed by atoms with Gasteiger partial charge in [-0.2, -0.15) is 0 Å². The van der Waals surface area contributed by atoms with Gasteiger partial charge in [-0.05, 0) is 57.7 Å². The zero-order valence-corrected chi connectivity index (χ0v) is 12.1.